The summed E-state index contributed by atoms with van der Waals surface area (Å²) in [6, 6.07) is 11.3. The average Bonchev–Trinajstić information content (AvgIpc) is 2.30. The molecule has 0 aromatic heterocycles. The summed E-state index contributed by atoms with van der Waals surface area (Å²) in [7, 11) is -1.13. The number of hydrogen-bond acceptors (Lipinski definition) is 2. The fourth-order valence-electron chi connectivity index (χ4n) is 1.78. The van der Waals surface area contributed by atoms with Gasteiger partial charge in [0, 0.05) is 6.61 Å². The minimum absolute atomic E-state index is 0.735. The van der Waals surface area contributed by atoms with Gasteiger partial charge < -0.3 is 4.43 Å². The van der Waals surface area contributed by atoms with Crippen LogP contribution in [0.5, 0.6) is 0 Å². The molecule has 1 fully saturated rings. The van der Waals surface area contributed by atoms with E-state index in [4.69, 9.17) is 9.69 Å². The van der Waals surface area contributed by atoms with E-state index in [1.165, 1.54) is 24.1 Å². The SMILES string of the molecule is N#Cc1ccc([SiH]2CCCCO2)cc1. The van der Waals surface area contributed by atoms with E-state index in [-0.39, 0.29) is 0 Å². The van der Waals surface area contributed by atoms with Crippen molar-refractivity contribution < 1.29 is 4.43 Å². The molecule has 0 aliphatic carbocycles. The molecular formula is C11H13NOSi. The number of hydrogen-bond donors (Lipinski definition) is 0. The van der Waals surface area contributed by atoms with Crippen molar-refractivity contribution >= 4 is 14.2 Å². The van der Waals surface area contributed by atoms with Crippen LogP contribution in [0.25, 0.3) is 0 Å². The molecule has 2 nitrogen and oxygen atoms in total. The number of rotatable bonds is 1. The number of nitrogens with zero attached hydrogens (tertiary/aromatic N) is 1. The molecule has 3 heteroatoms. The van der Waals surface area contributed by atoms with Crippen LogP contribution in [0.1, 0.15) is 18.4 Å². The first kappa shape index (κ1) is 9.44. The Morgan fingerprint density at radius 1 is 1.21 bits per heavy atom. The molecular weight excluding hydrogens is 190 g/mol. The molecule has 14 heavy (non-hydrogen) atoms. The van der Waals surface area contributed by atoms with Crippen molar-refractivity contribution in [3.8, 4) is 6.07 Å². The quantitative estimate of drug-likeness (QED) is 0.645. The molecule has 1 aliphatic rings. The Morgan fingerprint density at radius 3 is 2.57 bits per heavy atom. The fraction of sp³-hybridized carbons (Fsp3) is 0.364. The summed E-state index contributed by atoms with van der Waals surface area (Å²) >= 11 is 0. The molecule has 0 spiro atoms. The van der Waals surface area contributed by atoms with Crippen molar-refractivity contribution in [2.75, 3.05) is 6.61 Å². The number of nitriles is 1. The summed E-state index contributed by atoms with van der Waals surface area (Å²) in [5.74, 6) is 0. The van der Waals surface area contributed by atoms with E-state index in [2.05, 4.69) is 18.2 Å². The van der Waals surface area contributed by atoms with Crippen LogP contribution >= 0.6 is 0 Å². The highest BCUT2D eigenvalue weighted by Gasteiger charge is 2.17. The highest BCUT2D eigenvalue weighted by Crippen LogP contribution is 2.11. The summed E-state index contributed by atoms with van der Waals surface area (Å²) in [4.78, 5) is 0. The zero-order valence-corrected chi connectivity index (χ0v) is 9.23. The summed E-state index contributed by atoms with van der Waals surface area (Å²) in [5.41, 5.74) is 0.735. The average molecular weight is 203 g/mol. The molecule has 2 rings (SSSR count). The van der Waals surface area contributed by atoms with Crippen LogP contribution in [0.2, 0.25) is 6.04 Å². The van der Waals surface area contributed by atoms with Gasteiger partial charge in [-0.25, -0.2) is 0 Å². The maximum Gasteiger partial charge on any atom is 0.208 e. The summed E-state index contributed by atoms with van der Waals surface area (Å²) in [5, 5.41) is 10.0. The van der Waals surface area contributed by atoms with Crippen molar-refractivity contribution in [3.63, 3.8) is 0 Å². The Kier molecular flexibility index (Phi) is 2.97. The first-order valence-electron chi connectivity index (χ1n) is 5.02. The lowest BCUT2D eigenvalue weighted by Gasteiger charge is -2.21. The Bertz CT molecular complexity index is 335. The Labute approximate surface area is 85.9 Å². The van der Waals surface area contributed by atoms with Gasteiger partial charge in [0.15, 0.2) is 0 Å². The minimum Gasteiger partial charge on any atom is -0.415 e. The van der Waals surface area contributed by atoms with Gasteiger partial charge in [-0.05, 0) is 29.8 Å². The van der Waals surface area contributed by atoms with Crippen LogP contribution in [0.4, 0.5) is 0 Å². The Morgan fingerprint density at radius 2 is 2.00 bits per heavy atom. The van der Waals surface area contributed by atoms with E-state index in [9.17, 15) is 0 Å². The van der Waals surface area contributed by atoms with Gasteiger partial charge in [0.25, 0.3) is 0 Å². The van der Waals surface area contributed by atoms with Gasteiger partial charge in [0.2, 0.25) is 9.04 Å². The van der Waals surface area contributed by atoms with Gasteiger partial charge in [0.1, 0.15) is 0 Å². The van der Waals surface area contributed by atoms with Crippen molar-refractivity contribution in [1.29, 1.82) is 5.26 Å². The molecule has 1 heterocycles. The van der Waals surface area contributed by atoms with Gasteiger partial charge in [-0.2, -0.15) is 5.26 Å². The van der Waals surface area contributed by atoms with Crippen molar-refractivity contribution in [1.82, 2.24) is 0 Å². The van der Waals surface area contributed by atoms with Gasteiger partial charge in [-0.3, -0.25) is 0 Å². The molecule has 1 saturated heterocycles. The zero-order chi connectivity index (χ0) is 9.80. The highest BCUT2D eigenvalue weighted by atomic mass is 28.3. The third-order valence-electron chi connectivity index (χ3n) is 2.59. The van der Waals surface area contributed by atoms with Crippen LogP contribution in [0.3, 0.4) is 0 Å². The first-order chi connectivity index (χ1) is 6.90. The molecule has 1 aromatic carbocycles. The van der Waals surface area contributed by atoms with E-state index in [1.54, 1.807) is 0 Å². The smallest absolute Gasteiger partial charge is 0.208 e. The maximum atomic E-state index is 8.67. The third kappa shape index (κ3) is 2.03. The largest absolute Gasteiger partial charge is 0.415 e. The third-order valence-corrected chi connectivity index (χ3v) is 5.29. The van der Waals surface area contributed by atoms with Crippen molar-refractivity contribution in [2.24, 2.45) is 0 Å². The van der Waals surface area contributed by atoms with Gasteiger partial charge in [0.05, 0.1) is 11.6 Å². The van der Waals surface area contributed by atoms with E-state index in [0.29, 0.717) is 0 Å². The van der Waals surface area contributed by atoms with Gasteiger partial charge >= 0.3 is 0 Å². The van der Waals surface area contributed by atoms with Crippen LogP contribution < -0.4 is 5.19 Å². The summed E-state index contributed by atoms with van der Waals surface area (Å²) < 4.78 is 5.79. The summed E-state index contributed by atoms with van der Waals surface area (Å²) in [6.45, 7) is 0.927. The van der Waals surface area contributed by atoms with E-state index >= 15 is 0 Å². The lowest BCUT2D eigenvalue weighted by molar-refractivity contribution is 0.294. The van der Waals surface area contributed by atoms with E-state index in [0.717, 1.165) is 12.2 Å². The highest BCUT2D eigenvalue weighted by molar-refractivity contribution is 6.67. The molecule has 1 atom stereocenters. The van der Waals surface area contributed by atoms with Gasteiger partial charge in [-0.1, -0.05) is 18.6 Å². The topological polar surface area (TPSA) is 33.0 Å². The second-order valence-corrected chi connectivity index (χ2v) is 6.14. The fourth-order valence-corrected chi connectivity index (χ4v) is 4.20. The summed E-state index contributed by atoms with van der Waals surface area (Å²) in [6.07, 6.45) is 2.51. The monoisotopic (exact) mass is 203 g/mol. The second kappa shape index (κ2) is 4.40. The standard InChI is InChI=1S/C11H13NOSi/c12-9-10-3-5-11(6-4-10)14-8-2-1-7-13-14/h3-6,14H,1-2,7-8H2. The zero-order valence-electron chi connectivity index (χ0n) is 8.07. The molecule has 0 N–H and O–H groups in total. The van der Waals surface area contributed by atoms with Crippen LogP contribution in [0, 0.1) is 11.3 Å². The molecule has 0 amide bonds. The molecule has 1 unspecified atom stereocenters. The second-order valence-electron chi connectivity index (χ2n) is 3.59. The van der Waals surface area contributed by atoms with E-state index < -0.39 is 9.04 Å². The lowest BCUT2D eigenvalue weighted by Crippen LogP contribution is -2.36. The normalized spacial score (nSPS) is 21.5. The minimum atomic E-state index is -1.13. The molecule has 1 aliphatic heterocycles. The Balaban J connectivity index is 2.12. The van der Waals surface area contributed by atoms with E-state index in [1.807, 2.05) is 12.1 Å². The van der Waals surface area contributed by atoms with Crippen LogP contribution in [-0.2, 0) is 4.43 Å². The molecule has 0 radical (unpaired) electrons. The van der Waals surface area contributed by atoms with Crippen LogP contribution in [0.15, 0.2) is 24.3 Å². The predicted molar refractivity (Wildman–Crippen MR) is 57.9 cm³/mol. The van der Waals surface area contributed by atoms with Gasteiger partial charge in [-0.15, -0.1) is 0 Å². The van der Waals surface area contributed by atoms with Crippen LogP contribution in [-0.4, -0.2) is 15.6 Å². The first-order valence-corrected chi connectivity index (χ1v) is 6.88. The molecule has 72 valence electrons. The molecule has 0 saturated carbocycles. The predicted octanol–water partition coefficient (Wildman–Crippen LogP) is 1.30. The molecule has 1 aromatic rings. The van der Waals surface area contributed by atoms with Crippen molar-refractivity contribution in [2.45, 2.75) is 18.9 Å². The maximum absolute atomic E-state index is 8.67. The van der Waals surface area contributed by atoms with Crippen molar-refractivity contribution in [3.05, 3.63) is 29.8 Å². The Hall–Kier alpha value is -1.11. The number of benzene rings is 1. The molecule has 0 bridgehead atoms. The lowest BCUT2D eigenvalue weighted by atomic mass is 10.2.